The van der Waals surface area contributed by atoms with Crippen LogP contribution in [0.2, 0.25) is 5.02 Å². The summed E-state index contributed by atoms with van der Waals surface area (Å²) in [6, 6.07) is 18.3. The standard InChI is InChI=1S/C38H46ClN5O5/c1-38(2,3)42-36(48)31-23-43(21-27-20-40-37-30(33(27)39)13-16-49-37)14-15-44(31)22-28(45)18-26(17-24-9-5-4-6-10-24)35(47)41-34-29-12-8-7-11-25(29)19-32(34)46/h4-13,16,20,26,28,31-32,34,45-46H,14-15,17-19,21-23H2,1-3H3,(H,41,47)(H,42,48)/t26-,28-,31-,32+,34-/m0/s1. The Balaban J connectivity index is 1.16. The highest BCUT2D eigenvalue weighted by Gasteiger charge is 2.37. The Morgan fingerprint density at radius 2 is 1.84 bits per heavy atom. The molecule has 49 heavy (non-hydrogen) atoms. The Labute approximate surface area is 292 Å². The summed E-state index contributed by atoms with van der Waals surface area (Å²) in [7, 11) is 0. The first-order chi connectivity index (χ1) is 23.4. The summed E-state index contributed by atoms with van der Waals surface area (Å²) in [6.07, 6.45) is 2.81. The molecule has 0 radical (unpaired) electrons. The second-order valence-corrected chi connectivity index (χ2v) is 14.8. The number of β-amino-alcohol motifs (C(OH)–C–C–N with tert-alkyl or cyclic N) is 1. The van der Waals surface area contributed by atoms with Gasteiger partial charge in [0, 0.05) is 62.4 Å². The third kappa shape index (κ3) is 8.51. The third-order valence-electron chi connectivity index (χ3n) is 9.47. The van der Waals surface area contributed by atoms with Crippen LogP contribution in [-0.2, 0) is 29.0 Å². The van der Waals surface area contributed by atoms with Gasteiger partial charge < -0.3 is 25.3 Å². The summed E-state index contributed by atoms with van der Waals surface area (Å²) < 4.78 is 5.39. The average Bonchev–Trinajstić information content (AvgIpc) is 3.67. The molecule has 2 aromatic carbocycles. The molecule has 2 aliphatic rings. The second-order valence-electron chi connectivity index (χ2n) is 14.5. The van der Waals surface area contributed by atoms with E-state index in [4.69, 9.17) is 16.0 Å². The van der Waals surface area contributed by atoms with Gasteiger partial charge in [0.1, 0.15) is 6.04 Å². The first kappa shape index (κ1) is 35.0. The van der Waals surface area contributed by atoms with Crippen molar-refractivity contribution in [1.82, 2.24) is 25.4 Å². The van der Waals surface area contributed by atoms with E-state index in [1.54, 1.807) is 18.5 Å². The van der Waals surface area contributed by atoms with Crippen molar-refractivity contribution in [2.75, 3.05) is 26.2 Å². The molecular weight excluding hydrogens is 642 g/mol. The zero-order chi connectivity index (χ0) is 34.7. The van der Waals surface area contributed by atoms with E-state index in [0.717, 1.165) is 27.6 Å². The van der Waals surface area contributed by atoms with Crippen molar-refractivity contribution in [3.8, 4) is 0 Å². The number of rotatable bonds is 11. The van der Waals surface area contributed by atoms with Crippen molar-refractivity contribution in [3.63, 3.8) is 0 Å². The number of halogens is 1. The number of nitrogens with one attached hydrogen (secondary N) is 2. The van der Waals surface area contributed by atoms with Crippen LogP contribution in [0.15, 0.2) is 77.5 Å². The SMILES string of the molecule is CC(C)(C)NC(=O)[C@@H]1CN(Cc2cnc3occc3c2Cl)CCN1C[C@@H](O)C[C@H](Cc1ccccc1)C(=O)N[C@H]1c2ccccc2C[C@H]1O. The average molecular weight is 688 g/mol. The van der Waals surface area contributed by atoms with E-state index in [0.29, 0.717) is 49.8 Å². The summed E-state index contributed by atoms with van der Waals surface area (Å²) in [5.41, 5.74) is 3.84. The molecule has 1 saturated heterocycles. The van der Waals surface area contributed by atoms with Crippen molar-refractivity contribution in [1.29, 1.82) is 0 Å². The predicted molar refractivity (Wildman–Crippen MR) is 189 cm³/mol. The number of furan rings is 1. The molecule has 4 N–H and O–H groups in total. The maximum Gasteiger partial charge on any atom is 0.239 e. The topological polar surface area (TPSA) is 131 Å². The van der Waals surface area contributed by atoms with E-state index in [1.807, 2.05) is 80.3 Å². The monoisotopic (exact) mass is 687 g/mol. The zero-order valence-corrected chi connectivity index (χ0v) is 29.1. The number of aromatic nitrogens is 1. The fourth-order valence-electron chi connectivity index (χ4n) is 7.10. The number of hydrogen-bond acceptors (Lipinski definition) is 8. The zero-order valence-electron chi connectivity index (χ0n) is 28.3. The highest BCUT2D eigenvalue weighted by molar-refractivity contribution is 6.35. The van der Waals surface area contributed by atoms with Crippen LogP contribution in [-0.4, -0.2) is 86.8 Å². The van der Waals surface area contributed by atoms with Crippen LogP contribution in [0.1, 0.15) is 55.5 Å². The molecule has 0 bridgehead atoms. The molecule has 0 spiro atoms. The van der Waals surface area contributed by atoms with Crippen molar-refractivity contribution in [2.45, 2.75) is 76.4 Å². The van der Waals surface area contributed by atoms with Gasteiger partial charge in [-0.25, -0.2) is 4.98 Å². The first-order valence-electron chi connectivity index (χ1n) is 17.0. The van der Waals surface area contributed by atoms with Crippen LogP contribution in [0.4, 0.5) is 0 Å². The summed E-state index contributed by atoms with van der Waals surface area (Å²) in [4.78, 5) is 36.2. The minimum atomic E-state index is -0.876. The Morgan fingerprint density at radius 1 is 1.08 bits per heavy atom. The fourth-order valence-corrected chi connectivity index (χ4v) is 7.35. The van der Waals surface area contributed by atoms with Crippen LogP contribution in [0, 0.1) is 5.92 Å². The van der Waals surface area contributed by atoms with Crippen LogP contribution in [0.5, 0.6) is 0 Å². The van der Waals surface area contributed by atoms with Crippen molar-refractivity contribution >= 4 is 34.5 Å². The highest BCUT2D eigenvalue weighted by Crippen LogP contribution is 2.32. The largest absolute Gasteiger partial charge is 0.446 e. The van der Waals surface area contributed by atoms with Crippen molar-refractivity contribution in [2.24, 2.45) is 5.92 Å². The van der Waals surface area contributed by atoms with E-state index in [2.05, 4.69) is 20.5 Å². The molecule has 2 aromatic heterocycles. The number of carbonyl (C=O) groups excluding carboxylic acids is 2. The number of piperazine rings is 1. The summed E-state index contributed by atoms with van der Waals surface area (Å²) >= 11 is 6.71. The fraction of sp³-hybridized carbons (Fsp3) is 0.447. The van der Waals surface area contributed by atoms with Gasteiger partial charge in [-0.3, -0.25) is 19.4 Å². The molecular formula is C38H46ClN5O5. The van der Waals surface area contributed by atoms with E-state index < -0.39 is 35.7 Å². The van der Waals surface area contributed by atoms with Crippen LogP contribution >= 0.6 is 11.6 Å². The number of pyridine rings is 1. The maximum atomic E-state index is 13.9. The van der Waals surface area contributed by atoms with Gasteiger partial charge in [0.05, 0.1) is 34.9 Å². The first-order valence-corrected chi connectivity index (χ1v) is 17.4. The van der Waals surface area contributed by atoms with Crippen molar-refractivity contribution in [3.05, 3.63) is 100 Å². The normalized spacial score (nSPS) is 21.3. The molecule has 6 rings (SSSR count). The van der Waals surface area contributed by atoms with E-state index in [9.17, 15) is 19.8 Å². The number of carbonyl (C=O) groups is 2. The summed E-state index contributed by atoms with van der Waals surface area (Å²) in [5.74, 6) is -0.880. The Hall–Kier alpha value is -3.80. The smallest absolute Gasteiger partial charge is 0.239 e. The number of amides is 2. The van der Waals surface area contributed by atoms with Gasteiger partial charge >= 0.3 is 0 Å². The highest BCUT2D eigenvalue weighted by atomic mass is 35.5. The molecule has 4 aromatic rings. The molecule has 0 unspecified atom stereocenters. The Morgan fingerprint density at radius 3 is 2.61 bits per heavy atom. The van der Waals surface area contributed by atoms with Gasteiger partial charge in [-0.1, -0.05) is 66.2 Å². The van der Waals surface area contributed by atoms with Gasteiger partial charge in [0.15, 0.2) is 0 Å². The molecule has 1 aliphatic carbocycles. The lowest BCUT2D eigenvalue weighted by Gasteiger charge is -2.42. The maximum absolute atomic E-state index is 13.9. The molecule has 260 valence electrons. The quantitative estimate of drug-likeness (QED) is 0.184. The Kier molecular flexibility index (Phi) is 10.7. The number of fused-ring (bicyclic) bond motifs is 2. The van der Waals surface area contributed by atoms with Gasteiger partial charge in [0.25, 0.3) is 0 Å². The lowest BCUT2D eigenvalue weighted by molar-refractivity contribution is -0.132. The van der Waals surface area contributed by atoms with E-state index in [-0.39, 0.29) is 24.8 Å². The number of nitrogens with zero attached hydrogens (tertiary/aromatic N) is 3. The summed E-state index contributed by atoms with van der Waals surface area (Å²) in [6.45, 7) is 8.21. The predicted octanol–water partition coefficient (Wildman–Crippen LogP) is 4.27. The number of aliphatic hydroxyl groups is 2. The molecule has 11 heteroatoms. The molecule has 0 saturated carbocycles. The minimum Gasteiger partial charge on any atom is -0.446 e. The van der Waals surface area contributed by atoms with Crippen LogP contribution in [0.3, 0.4) is 0 Å². The lowest BCUT2D eigenvalue weighted by atomic mass is 9.91. The van der Waals surface area contributed by atoms with Crippen LogP contribution in [0.25, 0.3) is 11.1 Å². The summed E-state index contributed by atoms with van der Waals surface area (Å²) in [5, 5.41) is 30.0. The van der Waals surface area contributed by atoms with Crippen LogP contribution < -0.4 is 10.6 Å². The number of benzene rings is 2. The van der Waals surface area contributed by atoms with Gasteiger partial charge in [-0.05, 0) is 56.4 Å². The number of aliphatic hydroxyl groups excluding tert-OH is 2. The van der Waals surface area contributed by atoms with Crippen molar-refractivity contribution < 1.29 is 24.2 Å². The molecule has 1 fully saturated rings. The molecule has 3 heterocycles. The molecule has 5 atom stereocenters. The minimum absolute atomic E-state index is 0.119. The van der Waals surface area contributed by atoms with E-state index >= 15 is 0 Å². The Bertz CT molecular complexity index is 1760. The molecule has 2 amide bonds. The lowest BCUT2D eigenvalue weighted by Crippen LogP contribution is -2.61. The van der Waals surface area contributed by atoms with Gasteiger partial charge in [-0.15, -0.1) is 0 Å². The number of hydrogen-bond donors (Lipinski definition) is 4. The molecule has 10 nitrogen and oxygen atoms in total. The van der Waals surface area contributed by atoms with Gasteiger partial charge in [0.2, 0.25) is 17.5 Å². The van der Waals surface area contributed by atoms with E-state index in [1.165, 1.54) is 0 Å². The molecule has 1 aliphatic heterocycles. The van der Waals surface area contributed by atoms with Gasteiger partial charge in [-0.2, -0.15) is 0 Å². The second kappa shape index (κ2) is 15.0. The third-order valence-corrected chi connectivity index (χ3v) is 9.92.